The molecule has 0 spiro atoms. The van der Waals surface area contributed by atoms with E-state index in [9.17, 15) is 4.79 Å². The number of phenolic OH excluding ortho intramolecular Hbond substituents is 1. The minimum atomic E-state index is -0.581. The van der Waals surface area contributed by atoms with Crippen LogP contribution in [0.15, 0.2) is 24.3 Å². The number of alkyl halides is 1. The Labute approximate surface area is 81.3 Å². The van der Waals surface area contributed by atoms with E-state index in [1.807, 2.05) is 0 Å². The van der Waals surface area contributed by atoms with E-state index in [-0.39, 0.29) is 11.7 Å². The maximum absolute atomic E-state index is 11.1. The van der Waals surface area contributed by atoms with Crippen molar-refractivity contribution >= 4 is 23.2 Å². The molecule has 1 rings (SSSR count). The van der Waals surface area contributed by atoms with Crippen LogP contribution in [0, 0.1) is 0 Å². The first-order chi connectivity index (χ1) is 6.09. The summed E-state index contributed by atoms with van der Waals surface area (Å²) in [5.74, 6) is -0.174. The molecule has 70 valence electrons. The number of aromatic hydroxyl groups is 1. The number of rotatable bonds is 2. The van der Waals surface area contributed by atoms with Crippen LogP contribution in [0.3, 0.4) is 0 Å². The van der Waals surface area contributed by atoms with Gasteiger partial charge >= 0.3 is 0 Å². The van der Waals surface area contributed by atoms with Crippen molar-refractivity contribution < 1.29 is 9.90 Å². The Balaban J connectivity index is 2.69. The lowest BCUT2D eigenvalue weighted by atomic mass is 10.3. The predicted octanol–water partition coefficient (Wildman–Crippen LogP) is 1.96. The Morgan fingerprint density at radius 1 is 1.62 bits per heavy atom. The minimum absolute atomic E-state index is 0.111. The zero-order valence-corrected chi connectivity index (χ0v) is 7.88. The van der Waals surface area contributed by atoms with Gasteiger partial charge < -0.3 is 10.4 Å². The van der Waals surface area contributed by atoms with Crippen LogP contribution in [0.5, 0.6) is 5.75 Å². The molecule has 0 heterocycles. The van der Waals surface area contributed by atoms with Crippen molar-refractivity contribution in [2.75, 3.05) is 5.32 Å². The van der Waals surface area contributed by atoms with Gasteiger partial charge in [0.15, 0.2) is 0 Å². The summed E-state index contributed by atoms with van der Waals surface area (Å²) in [6, 6.07) is 6.30. The monoisotopic (exact) mass is 199 g/mol. The fourth-order valence-corrected chi connectivity index (χ4v) is 0.880. The Morgan fingerprint density at radius 3 is 2.85 bits per heavy atom. The number of amides is 1. The number of benzene rings is 1. The zero-order chi connectivity index (χ0) is 9.84. The number of carbonyl (C=O) groups is 1. The fraction of sp³-hybridized carbons (Fsp3) is 0.222. The van der Waals surface area contributed by atoms with E-state index in [4.69, 9.17) is 16.7 Å². The van der Waals surface area contributed by atoms with Crippen LogP contribution in [0.25, 0.3) is 0 Å². The molecular formula is C9H10ClNO2. The molecule has 0 bridgehead atoms. The molecular weight excluding hydrogens is 190 g/mol. The van der Waals surface area contributed by atoms with Gasteiger partial charge in [-0.1, -0.05) is 6.07 Å². The molecule has 0 unspecified atom stereocenters. The number of hydrogen-bond donors (Lipinski definition) is 2. The molecule has 1 amide bonds. The molecule has 0 aliphatic rings. The minimum Gasteiger partial charge on any atom is -0.508 e. The highest BCUT2D eigenvalue weighted by Crippen LogP contribution is 2.15. The van der Waals surface area contributed by atoms with Crippen LogP contribution in [0.2, 0.25) is 0 Å². The van der Waals surface area contributed by atoms with Crippen molar-refractivity contribution in [3.8, 4) is 5.75 Å². The first-order valence-electron chi connectivity index (χ1n) is 3.83. The zero-order valence-electron chi connectivity index (χ0n) is 7.12. The second-order valence-corrected chi connectivity index (χ2v) is 3.31. The lowest BCUT2D eigenvalue weighted by molar-refractivity contribution is -0.115. The van der Waals surface area contributed by atoms with Gasteiger partial charge in [0.1, 0.15) is 11.1 Å². The topological polar surface area (TPSA) is 49.3 Å². The number of phenols is 1. The number of nitrogens with one attached hydrogen (secondary N) is 1. The van der Waals surface area contributed by atoms with Gasteiger partial charge in [0.05, 0.1) is 0 Å². The lowest BCUT2D eigenvalue weighted by Gasteiger charge is -2.05. The first kappa shape index (κ1) is 9.86. The van der Waals surface area contributed by atoms with Crippen LogP contribution < -0.4 is 5.32 Å². The van der Waals surface area contributed by atoms with Crippen molar-refractivity contribution in [3.05, 3.63) is 24.3 Å². The summed E-state index contributed by atoms with van der Waals surface area (Å²) in [6.07, 6.45) is 0. The summed E-state index contributed by atoms with van der Waals surface area (Å²) in [4.78, 5) is 11.1. The molecule has 3 nitrogen and oxygen atoms in total. The lowest BCUT2D eigenvalue weighted by Crippen LogP contribution is -2.20. The molecule has 1 atom stereocenters. The third-order valence-electron chi connectivity index (χ3n) is 1.47. The SMILES string of the molecule is C[C@@H](Cl)C(=O)Nc1cccc(O)c1. The van der Waals surface area contributed by atoms with Gasteiger partial charge in [0.25, 0.3) is 0 Å². The molecule has 0 aromatic heterocycles. The van der Waals surface area contributed by atoms with E-state index >= 15 is 0 Å². The van der Waals surface area contributed by atoms with Crippen molar-refractivity contribution in [2.24, 2.45) is 0 Å². The quantitative estimate of drug-likeness (QED) is 0.716. The van der Waals surface area contributed by atoms with Gasteiger partial charge in [-0.25, -0.2) is 0 Å². The normalized spacial score (nSPS) is 12.2. The predicted molar refractivity (Wildman–Crippen MR) is 52.1 cm³/mol. The van der Waals surface area contributed by atoms with Gasteiger partial charge in [-0.05, 0) is 19.1 Å². The van der Waals surface area contributed by atoms with E-state index in [2.05, 4.69) is 5.32 Å². The molecule has 0 fully saturated rings. The maximum atomic E-state index is 11.1. The van der Waals surface area contributed by atoms with Gasteiger partial charge in [0, 0.05) is 11.8 Å². The average Bonchev–Trinajstić information content (AvgIpc) is 2.04. The van der Waals surface area contributed by atoms with Crippen LogP contribution in [0.4, 0.5) is 5.69 Å². The fourth-order valence-electron chi connectivity index (χ4n) is 0.825. The molecule has 0 aliphatic heterocycles. The molecule has 0 saturated carbocycles. The summed E-state index contributed by atoms with van der Waals surface area (Å²) >= 11 is 5.54. The molecule has 13 heavy (non-hydrogen) atoms. The summed E-state index contributed by atoms with van der Waals surface area (Å²) in [5.41, 5.74) is 0.539. The van der Waals surface area contributed by atoms with Crippen LogP contribution in [0.1, 0.15) is 6.92 Å². The van der Waals surface area contributed by atoms with Crippen LogP contribution in [-0.4, -0.2) is 16.4 Å². The maximum Gasteiger partial charge on any atom is 0.242 e. The van der Waals surface area contributed by atoms with E-state index in [1.165, 1.54) is 12.1 Å². The molecule has 1 aromatic rings. The van der Waals surface area contributed by atoms with Gasteiger partial charge in [-0.2, -0.15) is 0 Å². The highest BCUT2D eigenvalue weighted by Gasteiger charge is 2.08. The second kappa shape index (κ2) is 4.14. The number of halogens is 1. The van der Waals surface area contributed by atoms with Gasteiger partial charge in [-0.15, -0.1) is 11.6 Å². The third kappa shape index (κ3) is 2.95. The number of hydrogen-bond acceptors (Lipinski definition) is 2. The van der Waals surface area contributed by atoms with Crippen molar-refractivity contribution in [2.45, 2.75) is 12.3 Å². The molecule has 0 radical (unpaired) electrons. The van der Waals surface area contributed by atoms with Crippen molar-refractivity contribution in [3.63, 3.8) is 0 Å². The van der Waals surface area contributed by atoms with Crippen LogP contribution in [-0.2, 0) is 4.79 Å². The Hall–Kier alpha value is -1.22. The Kier molecular flexibility index (Phi) is 3.14. The number of carbonyl (C=O) groups excluding carboxylic acids is 1. The molecule has 2 N–H and O–H groups in total. The summed E-state index contributed by atoms with van der Waals surface area (Å²) in [5, 5.41) is 11.1. The summed E-state index contributed by atoms with van der Waals surface area (Å²) < 4.78 is 0. The molecule has 1 aromatic carbocycles. The smallest absolute Gasteiger partial charge is 0.242 e. The number of anilines is 1. The second-order valence-electron chi connectivity index (χ2n) is 2.66. The Bertz CT molecular complexity index is 312. The largest absolute Gasteiger partial charge is 0.508 e. The van der Waals surface area contributed by atoms with Gasteiger partial charge in [-0.3, -0.25) is 4.79 Å². The standard InChI is InChI=1S/C9H10ClNO2/c1-6(10)9(13)11-7-3-2-4-8(12)5-7/h2-6,12H,1H3,(H,11,13)/t6-/m1/s1. The van der Waals surface area contributed by atoms with Crippen LogP contribution >= 0.6 is 11.6 Å². The highest BCUT2D eigenvalue weighted by atomic mass is 35.5. The summed E-state index contributed by atoms with van der Waals surface area (Å²) in [6.45, 7) is 1.58. The van der Waals surface area contributed by atoms with Crippen molar-refractivity contribution in [1.29, 1.82) is 0 Å². The molecule has 4 heteroatoms. The molecule has 0 saturated heterocycles. The van der Waals surface area contributed by atoms with Gasteiger partial charge in [0.2, 0.25) is 5.91 Å². The first-order valence-corrected chi connectivity index (χ1v) is 4.27. The third-order valence-corrected chi connectivity index (χ3v) is 1.67. The highest BCUT2D eigenvalue weighted by molar-refractivity contribution is 6.32. The van der Waals surface area contributed by atoms with E-state index in [1.54, 1.807) is 19.1 Å². The Morgan fingerprint density at radius 2 is 2.31 bits per heavy atom. The summed E-state index contributed by atoms with van der Waals surface area (Å²) in [7, 11) is 0. The molecule has 0 aliphatic carbocycles. The average molecular weight is 200 g/mol. The van der Waals surface area contributed by atoms with Crippen molar-refractivity contribution in [1.82, 2.24) is 0 Å². The van der Waals surface area contributed by atoms with E-state index in [0.717, 1.165) is 0 Å². The van der Waals surface area contributed by atoms with E-state index < -0.39 is 5.38 Å². The van der Waals surface area contributed by atoms with E-state index in [0.29, 0.717) is 5.69 Å².